The molecule has 0 aliphatic carbocycles. The van der Waals surface area contributed by atoms with E-state index in [1.54, 1.807) is 30.3 Å². The molecule has 3 N–H and O–H groups in total. The molecule has 3 rings (SSSR count). The Morgan fingerprint density at radius 2 is 1.26 bits per heavy atom. The normalized spacial score (nSPS) is 11.5. The summed E-state index contributed by atoms with van der Waals surface area (Å²) in [6, 6.07) is 13.9. The minimum absolute atomic E-state index is 0.00938. The van der Waals surface area contributed by atoms with Crippen LogP contribution in [-0.2, 0) is 33.5 Å². The first-order valence-electron chi connectivity index (χ1n) is 10.0. The summed E-state index contributed by atoms with van der Waals surface area (Å²) in [5, 5.41) is 27.2. The third kappa shape index (κ3) is 6.88. The van der Waals surface area contributed by atoms with Gasteiger partial charge in [-0.3, -0.25) is 0 Å². The van der Waals surface area contributed by atoms with Crippen molar-refractivity contribution >= 4 is 27.5 Å². The van der Waals surface area contributed by atoms with E-state index in [0.29, 0.717) is 40.7 Å². The predicted octanol–water partition coefficient (Wildman–Crippen LogP) is 2.44. The maximum atomic E-state index is 11.7. The van der Waals surface area contributed by atoms with Crippen LogP contribution in [0.4, 0.5) is 0 Å². The van der Waals surface area contributed by atoms with Crippen molar-refractivity contribution in [3.63, 3.8) is 0 Å². The van der Waals surface area contributed by atoms with Crippen LogP contribution in [0.1, 0.15) is 11.1 Å². The number of nitrogens with one attached hydrogen (secondary N) is 1. The Kier molecular flexibility index (Phi) is 7.95. The molecule has 0 unspecified atom stereocenters. The Balaban J connectivity index is 2.10. The van der Waals surface area contributed by atoms with Crippen LogP contribution in [0.15, 0.2) is 54.6 Å². The summed E-state index contributed by atoms with van der Waals surface area (Å²) in [5.74, 6) is -0.00459. The third-order valence-corrected chi connectivity index (χ3v) is 5.74. The second-order valence-electron chi connectivity index (χ2n) is 7.48. The topological polar surface area (TPSA) is 160 Å². The van der Waals surface area contributed by atoms with Gasteiger partial charge >= 0.3 is 179 Å². The SMILES string of the molecule is CS(=O)(=O)Oc1ccc(-c2cc(CO)c(-c3ccc(OB=N)c(OS(C)(=O)=O)c3)cc2CO)cc1. The van der Waals surface area contributed by atoms with Gasteiger partial charge in [-0.1, -0.05) is 0 Å². The first-order chi connectivity index (χ1) is 16.4. The van der Waals surface area contributed by atoms with E-state index in [4.69, 9.17) is 18.3 Å². The molecule has 0 bridgehead atoms. The average Bonchev–Trinajstić information content (AvgIpc) is 2.78. The van der Waals surface area contributed by atoms with Crippen molar-refractivity contribution in [2.45, 2.75) is 13.2 Å². The maximum absolute atomic E-state index is 11.7. The Morgan fingerprint density at radius 3 is 1.74 bits per heavy atom. The molecule has 0 fully saturated rings. The van der Waals surface area contributed by atoms with Crippen molar-refractivity contribution in [3.05, 3.63) is 65.7 Å². The van der Waals surface area contributed by atoms with Gasteiger partial charge in [0.15, 0.2) is 0 Å². The molecular weight excluding hydrogens is 497 g/mol. The van der Waals surface area contributed by atoms with Crippen molar-refractivity contribution in [3.8, 4) is 39.5 Å². The van der Waals surface area contributed by atoms with E-state index >= 15 is 0 Å². The molecule has 0 atom stereocenters. The van der Waals surface area contributed by atoms with Gasteiger partial charge in [0.25, 0.3) is 0 Å². The van der Waals surface area contributed by atoms with E-state index < -0.39 is 20.2 Å². The van der Waals surface area contributed by atoms with Crippen LogP contribution in [0.3, 0.4) is 0 Å². The van der Waals surface area contributed by atoms with Gasteiger partial charge in [-0.05, 0) is 0 Å². The monoisotopic (exact) mass is 519 g/mol. The van der Waals surface area contributed by atoms with Crippen LogP contribution in [0.2, 0.25) is 0 Å². The van der Waals surface area contributed by atoms with E-state index in [1.165, 1.54) is 24.3 Å². The van der Waals surface area contributed by atoms with Gasteiger partial charge in [-0.25, -0.2) is 0 Å². The second-order valence-corrected chi connectivity index (χ2v) is 10.6. The predicted molar refractivity (Wildman–Crippen MR) is 129 cm³/mol. The van der Waals surface area contributed by atoms with Crippen molar-refractivity contribution in [2.24, 2.45) is 0 Å². The number of hydrogen-bond acceptors (Lipinski definition) is 10. The zero-order valence-corrected chi connectivity index (χ0v) is 20.4. The van der Waals surface area contributed by atoms with Crippen molar-refractivity contribution in [2.75, 3.05) is 12.5 Å². The zero-order valence-electron chi connectivity index (χ0n) is 18.8. The van der Waals surface area contributed by atoms with E-state index in [1.807, 2.05) is 0 Å². The van der Waals surface area contributed by atoms with Crippen LogP contribution in [0.5, 0.6) is 17.2 Å². The van der Waals surface area contributed by atoms with Crippen LogP contribution in [0, 0.1) is 5.31 Å². The number of rotatable bonds is 10. The van der Waals surface area contributed by atoms with Crippen molar-refractivity contribution in [1.29, 1.82) is 5.31 Å². The Labute approximate surface area is 203 Å². The molecular formula is C22H22BNO9S2. The standard InChI is InChI=1S/C22H22BNO9S2/c1-34(27,28)32-18-6-3-14(4-7-18)19-9-17(13-26)20(10-16(19)12-25)15-5-8-21(31-23-24)22(11-15)33-35(2,29)30/h3-11,24-26H,12-13H2,1-2H3. The second kappa shape index (κ2) is 10.6. The first kappa shape index (κ1) is 26.4. The number of aliphatic hydroxyl groups excluding tert-OH is 2. The molecule has 0 aliphatic rings. The molecule has 3 aromatic rings. The first-order valence-corrected chi connectivity index (χ1v) is 13.6. The van der Waals surface area contributed by atoms with Gasteiger partial charge in [0.2, 0.25) is 0 Å². The van der Waals surface area contributed by atoms with Crippen molar-refractivity contribution in [1.82, 2.24) is 0 Å². The van der Waals surface area contributed by atoms with Crippen LogP contribution >= 0.6 is 0 Å². The van der Waals surface area contributed by atoms with Crippen LogP contribution in [0.25, 0.3) is 22.3 Å². The summed E-state index contributed by atoms with van der Waals surface area (Å²) in [6.07, 6.45) is 1.81. The van der Waals surface area contributed by atoms with Gasteiger partial charge < -0.3 is 4.18 Å². The van der Waals surface area contributed by atoms with Gasteiger partial charge in [-0.2, -0.15) is 8.42 Å². The average molecular weight is 519 g/mol. The summed E-state index contributed by atoms with van der Waals surface area (Å²) in [6.45, 7) is -0.721. The molecule has 0 saturated carbocycles. The Hall–Kier alpha value is -3.26. The molecule has 35 heavy (non-hydrogen) atoms. The van der Waals surface area contributed by atoms with E-state index in [-0.39, 0.29) is 30.5 Å². The van der Waals surface area contributed by atoms with E-state index in [9.17, 15) is 27.0 Å². The third-order valence-electron chi connectivity index (χ3n) is 4.76. The van der Waals surface area contributed by atoms with Crippen LogP contribution < -0.4 is 13.0 Å². The summed E-state index contributed by atoms with van der Waals surface area (Å²) < 4.78 is 60.9. The summed E-state index contributed by atoms with van der Waals surface area (Å²) in [5.41, 5.74) is 3.20. The van der Waals surface area contributed by atoms with Gasteiger partial charge in [-0.15, -0.1) is 0 Å². The van der Waals surface area contributed by atoms with Gasteiger partial charge in [0.05, 0.1) is 6.26 Å². The number of aliphatic hydroxyl groups is 2. The van der Waals surface area contributed by atoms with Crippen molar-refractivity contribution < 1.29 is 40.1 Å². The quantitative estimate of drug-likeness (QED) is 0.270. The molecule has 184 valence electrons. The molecule has 0 heterocycles. The molecule has 10 nitrogen and oxygen atoms in total. The summed E-state index contributed by atoms with van der Waals surface area (Å²) >= 11 is 0. The molecule has 0 spiro atoms. The fraction of sp³-hybridized carbons (Fsp3) is 0.182. The summed E-state index contributed by atoms with van der Waals surface area (Å²) in [4.78, 5) is 0. The zero-order chi connectivity index (χ0) is 25.8. The molecule has 13 heteroatoms. The van der Waals surface area contributed by atoms with Crippen LogP contribution in [-0.4, -0.2) is 46.8 Å². The van der Waals surface area contributed by atoms with Gasteiger partial charge in [0.1, 0.15) is 5.75 Å². The fourth-order valence-corrected chi connectivity index (χ4v) is 4.34. The van der Waals surface area contributed by atoms with E-state index in [2.05, 4.69) is 0 Å². The minimum atomic E-state index is -3.90. The van der Waals surface area contributed by atoms with E-state index in [0.717, 1.165) is 12.5 Å². The molecule has 0 amide bonds. The fourth-order valence-electron chi connectivity index (χ4n) is 3.42. The number of hydrogen-bond donors (Lipinski definition) is 3. The molecule has 0 aromatic heterocycles. The molecule has 0 saturated heterocycles. The molecule has 0 aliphatic heterocycles. The Bertz CT molecular complexity index is 1450. The van der Waals surface area contributed by atoms with Gasteiger partial charge in [0, 0.05) is 0 Å². The number of benzene rings is 3. The molecule has 0 radical (unpaired) electrons. The Morgan fingerprint density at radius 1 is 0.743 bits per heavy atom. The molecule has 3 aromatic carbocycles. The summed E-state index contributed by atoms with van der Waals surface area (Å²) in [7, 11) is -6.94.